The first-order valence-electron chi connectivity index (χ1n) is 7.45. The van der Waals surface area contributed by atoms with Crippen LogP contribution in [0.5, 0.6) is 5.75 Å². The molecule has 3 rings (SSSR count). The highest BCUT2D eigenvalue weighted by atomic mass is 35.5. The van der Waals surface area contributed by atoms with Gasteiger partial charge in [-0.1, -0.05) is 57.2 Å². The summed E-state index contributed by atoms with van der Waals surface area (Å²) in [6.07, 6.45) is 0.982. The second kappa shape index (κ2) is 5.38. The summed E-state index contributed by atoms with van der Waals surface area (Å²) in [5.41, 5.74) is 5.06. The van der Waals surface area contributed by atoms with E-state index in [1.807, 2.05) is 6.07 Å². The van der Waals surface area contributed by atoms with Crippen LogP contribution in [0.4, 0.5) is 0 Å². The molecule has 1 aliphatic rings. The molecule has 0 amide bonds. The zero-order valence-electron chi connectivity index (χ0n) is 12.8. The molecule has 1 unspecified atom stereocenters. The molecule has 2 aromatic carbocycles. The number of alkyl halides is 1. The average molecular weight is 301 g/mol. The summed E-state index contributed by atoms with van der Waals surface area (Å²) < 4.78 is 5.55. The Kier molecular flexibility index (Phi) is 3.71. The van der Waals surface area contributed by atoms with Crippen LogP contribution in [0, 0.1) is 0 Å². The molecule has 0 radical (unpaired) electrons. The lowest BCUT2D eigenvalue weighted by Gasteiger charge is -2.20. The van der Waals surface area contributed by atoms with Gasteiger partial charge in [-0.3, -0.25) is 0 Å². The van der Waals surface area contributed by atoms with Crippen molar-refractivity contribution >= 4 is 11.6 Å². The Morgan fingerprint density at radius 2 is 1.67 bits per heavy atom. The van der Waals surface area contributed by atoms with Crippen molar-refractivity contribution in [3.8, 4) is 5.75 Å². The molecule has 0 aliphatic carbocycles. The molecule has 0 bridgehead atoms. The molecular formula is C19H21ClO. The Hall–Kier alpha value is -1.47. The van der Waals surface area contributed by atoms with E-state index in [1.54, 1.807) is 0 Å². The van der Waals surface area contributed by atoms with Gasteiger partial charge in [0, 0.05) is 6.42 Å². The van der Waals surface area contributed by atoms with Crippen LogP contribution in [0.1, 0.15) is 48.4 Å². The van der Waals surface area contributed by atoms with Gasteiger partial charge in [-0.2, -0.15) is 0 Å². The van der Waals surface area contributed by atoms with Crippen LogP contribution in [0.3, 0.4) is 0 Å². The lowest BCUT2D eigenvalue weighted by Crippen LogP contribution is -2.10. The molecule has 21 heavy (non-hydrogen) atoms. The molecule has 1 aliphatic heterocycles. The second-order valence-corrected chi connectivity index (χ2v) is 7.14. The molecular weight excluding hydrogens is 280 g/mol. The summed E-state index contributed by atoms with van der Waals surface area (Å²) in [7, 11) is 0. The molecule has 0 saturated heterocycles. The fourth-order valence-electron chi connectivity index (χ4n) is 2.71. The number of halogens is 1. The molecule has 1 heterocycles. The lowest BCUT2D eigenvalue weighted by atomic mass is 9.86. The Labute approximate surface area is 131 Å². The Morgan fingerprint density at radius 1 is 1.00 bits per heavy atom. The van der Waals surface area contributed by atoms with Gasteiger partial charge in [0.25, 0.3) is 0 Å². The molecule has 2 aromatic rings. The second-order valence-electron chi connectivity index (χ2n) is 6.70. The molecule has 0 saturated carbocycles. The summed E-state index contributed by atoms with van der Waals surface area (Å²) in [5.74, 6) is 1.01. The van der Waals surface area contributed by atoms with Crippen LogP contribution in [-0.2, 0) is 11.8 Å². The minimum atomic E-state index is -0.107. The van der Waals surface area contributed by atoms with Gasteiger partial charge in [0.15, 0.2) is 0 Å². The number of rotatable bonds is 2. The summed E-state index contributed by atoms with van der Waals surface area (Å²) in [6, 6.07) is 14.9. The standard InChI is InChI=1S/C19H21ClO/c1-19(2,3)16-7-4-13(5-8-16)18(20)15-6-9-17-14(12-15)10-11-21-17/h4-9,12,18H,10-11H2,1-3H3. The number of fused-ring (bicyclic) bond motifs is 1. The van der Waals surface area contributed by atoms with Gasteiger partial charge in [0.2, 0.25) is 0 Å². The normalized spacial score (nSPS) is 15.4. The monoisotopic (exact) mass is 300 g/mol. The van der Waals surface area contributed by atoms with Crippen molar-refractivity contribution in [1.82, 2.24) is 0 Å². The van der Waals surface area contributed by atoms with E-state index in [4.69, 9.17) is 16.3 Å². The third-order valence-electron chi connectivity index (χ3n) is 4.08. The number of hydrogen-bond donors (Lipinski definition) is 0. The molecule has 0 N–H and O–H groups in total. The van der Waals surface area contributed by atoms with Crippen LogP contribution >= 0.6 is 11.6 Å². The van der Waals surface area contributed by atoms with Crippen molar-refractivity contribution in [2.75, 3.05) is 6.61 Å². The Balaban J connectivity index is 1.86. The highest BCUT2D eigenvalue weighted by Crippen LogP contribution is 2.34. The molecule has 1 nitrogen and oxygen atoms in total. The van der Waals surface area contributed by atoms with E-state index in [0.717, 1.165) is 29.9 Å². The van der Waals surface area contributed by atoms with Gasteiger partial charge in [0.1, 0.15) is 5.75 Å². The topological polar surface area (TPSA) is 9.23 Å². The van der Waals surface area contributed by atoms with Crippen molar-refractivity contribution in [3.05, 3.63) is 64.7 Å². The summed E-state index contributed by atoms with van der Waals surface area (Å²) in [6.45, 7) is 7.45. The molecule has 0 aromatic heterocycles. The highest BCUT2D eigenvalue weighted by molar-refractivity contribution is 6.22. The third kappa shape index (κ3) is 2.94. The number of hydrogen-bond acceptors (Lipinski definition) is 1. The fourth-order valence-corrected chi connectivity index (χ4v) is 2.99. The quantitative estimate of drug-likeness (QED) is 0.689. The smallest absolute Gasteiger partial charge is 0.122 e. The number of benzene rings is 2. The van der Waals surface area contributed by atoms with E-state index in [2.05, 4.69) is 57.2 Å². The maximum absolute atomic E-state index is 6.66. The van der Waals surface area contributed by atoms with Gasteiger partial charge < -0.3 is 4.74 Å². The van der Waals surface area contributed by atoms with Crippen LogP contribution in [-0.4, -0.2) is 6.61 Å². The van der Waals surface area contributed by atoms with E-state index >= 15 is 0 Å². The van der Waals surface area contributed by atoms with E-state index < -0.39 is 0 Å². The fraction of sp³-hybridized carbons (Fsp3) is 0.368. The van der Waals surface area contributed by atoms with Crippen LogP contribution in [0.15, 0.2) is 42.5 Å². The van der Waals surface area contributed by atoms with Crippen molar-refractivity contribution in [2.24, 2.45) is 0 Å². The molecule has 0 fully saturated rings. The van der Waals surface area contributed by atoms with Crippen molar-refractivity contribution < 1.29 is 4.74 Å². The van der Waals surface area contributed by atoms with Gasteiger partial charge in [-0.25, -0.2) is 0 Å². The van der Waals surface area contributed by atoms with Crippen LogP contribution < -0.4 is 4.74 Å². The molecule has 110 valence electrons. The average Bonchev–Trinajstić information content (AvgIpc) is 2.93. The summed E-state index contributed by atoms with van der Waals surface area (Å²) in [5, 5.41) is -0.107. The first kappa shape index (κ1) is 14.5. The predicted octanol–water partition coefficient (Wildman–Crippen LogP) is 5.25. The van der Waals surface area contributed by atoms with Gasteiger partial charge in [-0.15, -0.1) is 11.6 Å². The van der Waals surface area contributed by atoms with Gasteiger partial charge in [-0.05, 0) is 33.7 Å². The Bertz CT molecular complexity index is 638. The minimum Gasteiger partial charge on any atom is -0.493 e. The van der Waals surface area contributed by atoms with Gasteiger partial charge in [0.05, 0.1) is 12.0 Å². The largest absolute Gasteiger partial charge is 0.493 e. The third-order valence-corrected chi connectivity index (χ3v) is 4.58. The van der Waals surface area contributed by atoms with E-state index in [1.165, 1.54) is 11.1 Å². The predicted molar refractivity (Wildman–Crippen MR) is 88.5 cm³/mol. The zero-order valence-corrected chi connectivity index (χ0v) is 13.6. The highest BCUT2D eigenvalue weighted by Gasteiger charge is 2.18. The molecule has 2 heteroatoms. The van der Waals surface area contributed by atoms with Crippen LogP contribution in [0.2, 0.25) is 0 Å². The first-order valence-corrected chi connectivity index (χ1v) is 7.89. The van der Waals surface area contributed by atoms with Crippen LogP contribution in [0.25, 0.3) is 0 Å². The van der Waals surface area contributed by atoms with E-state index in [9.17, 15) is 0 Å². The van der Waals surface area contributed by atoms with E-state index in [-0.39, 0.29) is 10.8 Å². The molecule has 0 spiro atoms. The van der Waals surface area contributed by atoms with Crippen molar-refractivity contribution in [3.63, 3.8) is 0 Å². The van der Waals surface area contributed by atoms with Crippen molar-refractivity contribution in [1.29, 1.82) is 0 Å². The lowest BCUT2D eigenvalue weighted by molar-refractivity contribution is 0.357. The van der Waals surface area contributed by atoms with E-state index in [0.29, 0.717) is 0 Å². The Morgan fingerprint density at radius 3 is 2.33 bits per heavy atom. The number of ether oxygens (including phenoxy) is 1. The molecule has 1 atom stereocenters. The van der Waals surface area contributed by atoms with Crippen molar-refractivity contribution in [2.45, 2.75) is 38.0 Å². The minimum absolute atomic E-state index is 0.107. The first-order chi connectivity index (χ1) is 9.95. The zero-order chi connectivity index (χ0) is 15.0. The maximum atomic E-state index is 6.66. The SMILES string of the molecule is CC(C)(C)c1ccc(C(Cl)c2ccc3c(c2)CCO3)cc1. The summed E-state index contributed by atoms with van der Waals surface area (Å²) >= 11 is 6.66. The summed E-state index contributed by atoms with van der Waals surface area (Å²) in [4.78, 5) is 0. The van der Waals surface area contributed by atoms with Gasteiger partial charge >= 0.3 is 0 Å². The maximum Gasteiger partial charge on any atom is 0.122 e.